The number of allylic oxidation sites excluding steroid dienone is 2. The molecule has 2 aliphatic rings. The van der Waals surface area contributed by atoms with Crippen molar-refractivity contribution in [3.8, 4) is 0 Å². The van der Waals surface area contributed by atoms with Crippen LogP contribution in [0.4, 0.5) is 0 Å². The van der Waals surface area contributed by atoms with Gasteiger partial charge in [-0.3, -0.25) is 4.79 Å². The van der Waals surface area contributed by atoms with Crippen molar-refractivity contribution in [3.63, 3.8) is 0 Å². The third-order valence-electron chi connectivity index (χ3n) is 5.46. The minimum absolute atomic E-state index is 0.205. The Balaban J connectivity index is 1.59. The van der Waals surface area contributed by atoms with E-state index in [2.05, 4.69) is 19.1 Å². The Morgan fingerprint density at radius 1 is 1.19 bits per heavy atom. The highest BCUT2D eigenvalue weighted by molar-refractivity contribution is 7.89. The summed E-state index contributed by atoms with van der Waals surface area (Å²) in [4.78, 5) is 12.8. The van der Waals surface area contributed by atoms with Gasteiger partial charge in [0, 0.05) is 13.1 Å². The Labute approximate surface area is 156 Å². The predicted molar refractivity (Wildman–Crippen MR) is 99.9 cm³/mol. The first-order valence-electron chi connectivity index (χ1n) is 9.35. The number of piperidine rings is 1. The first-order chi connectivity index (χ1) is 12.5. The van der Waals surface area contributed by atoms with Gasteiger partial charge in [0.05, 0.1) is 17.4 Å². The molecule has 1 aliphatic heterocycles. The van der Waals surface area contributed by atoms with Gasteiger partial charge in [0.1, 0.15) is 0 Å². The largest absolute Gasteiger partial charge is 0.465 e. The van der Waals surface area contributed by atoms with Crippen molar-refractivity contribution in [2.24, 2.45) is 17.8 Å². The molecule has 1 aromatic carbocycles. The third-order valence-corrected chi connectivity index (χ3v) is 7.34. The average molecular weight is 378 g/mol. The highest BCUT2D eigenvalue weighted by Gasteiger charge is 2.34. The number of nitrogens with zero attached hydrogens (tertiary/aromatic N) is 1. The molecule has 5 nitrogen and oxygen atoms in total. The smallest absolute Gasteiger partial charge is 0.310 e. The molecule has 3 atom stereocenters. The van der Waals surface area contributed by atoms with E-state index in [9.17, 15) is 13.2 Å². The van der Waals surface area contributed by atoms with E-state index in [1.807, 2.05) is 0 Å². The van der Waals surface area contributed by atoms with Gasteiger partial charge in [0.25, 0.3) is 0 Å². The number of benzene rings is 1. The van der Waals surface area contributed by atoms with Gasteiger partial charge in [-0.15, -0.1) is 0 Å². The molecule has 0 N–H and O–H groups in total. The fourth-order valence-electron chi connectivity index (χ4n) is 3.64. The van der Waals surface area contributed by atoms with Gasteiger partial charge in [-0.2, -0.15) is 4.31 Å². The maximum absolute atomic E-state index is 12.8. The molecule has 0 amide bonds. The van der Waals surface area contributed by atoms with E-state index in [-0.39, 0.29) is 23.3 Å². The Morgan fingerprint density at radius 3 is 2.65 bits per heavy atom. The molecule has 1 fully saturated rings. The molecule has 1 aliphatic carbocycles. The lowest BCUT2D eigenvalue weighted by molar-refractivity contribution is -0.151. The van der Waals surface area contributed by atoms with E-state index < -0.39 is 10.0 Å². The zero-order chi connectivity index (χ0) is 18.6. The van der Waals surface area contributed by atoms with Gasteiger partial charge < -0.3 is 4.74 Å². The molecule has 0 radical (unpaired) electrons. The van der Waals surface area contributed by atoms with Crippen LogP contribution in [0.5, 0.6) is 0 Å². The van der Waals surface area contributed by atoms with E-state index in [1.54, 1.807) is 30.3 Å². The molecule has 0 saturated carbocycles. The second-order valence-electron chi connectivity index (χ2n) is 7.33. The van der Waals surface area contributed by atoms with Gasteiger partial charge in [-0.1, -0.05) is 37.3 Å². The fourth-order valence-corrected chi connectivity index (χ4v) is 5.19. The normalized spacial score (nSPS) is 27.2. The van der Waals surface area contributed by atoms with Crippen LogP contribution in [0.3, 0.4) is 0 Å². The van der Waals surface area contributed by atoms with Crippen molar-refractivity contribution in [1.82, 2.24) is 4.31 Å². The summed E-state index contributed by atoms with van der Waals surface area (Å²) in [6.45, 7) is 3.25. The summed E-state index contributed by atoms with van der Waals surface area (Å²) >= 11 is 0. The number of hydrogen-bond acceptors (Lipinski definition) is 4. The third kappa shape index (κ3) is 4.35. The average Bonchev–Trinajstić information content (AvgIpc) is 2.68. The van der Waals surface area contributed by atoms with Gasteiger partial charge in [0.2, 0.25) is 10.0 Å². The number of esters is 1. The highest BCUT2D eigenvalue weighted by Crippen LogP contribution is 2.27. The van der Waals surface area contributed by atoms with Crippen LogP contribution in [-0.2, 0) is 19.6 Å². The van der Waals surface area contributed by atoms with Crippen molar-refractivity contribution < 1.29 is 17.9 Å². The number of sulfonamides is 1. The molecule has 0 bridgehead atoms. The second kappa shape index (κ2) is 8.35. The minimum Gasteiger partial charge on any atom is -0.465 e. The summed E-state index contributed by atoms with van der Waals surface area (Å²) in [5.74, 6) is 0.224. The Hall–Kier alpha value is -1.66. The van der Waals surface area contributed by atoms with Crippen LogP contribution in [-0.4, -0.2) is 38.4 Å². The van der Waals surface area contributed by atoms with E-state index in [0.717, 1.165) is 12.8 Å². The Bertz CT molecular complexity index is 744. The summed E-state index contributed by atoms with van der Waals surface area (Å²) in [5.41, 5.74) is 0. The number of carbonyl (C=O) groups is 1. The van der Waals surface area contributed by atoms with Crippen LogP contribution in [0.25, 0.3) is 0 Å². The first-order valence-corrected chi connectivity index (χ1v) is 10.8. The van der Waals surface area contributed by atoms with Crippen LogP contribution in [0.1, 0.15) is 32.6 Å². The van der Waals surface area contributed by atoms with Gasteiger partial charge in [0.15, 0.2) is 0 Å². The number of ether oxygens (including phenoxy) is 1. The molecule has 0 aromatic heterocycles. The van der Waals surface area contributed by atoms with E-state index in [1.165, 1.54) is 4.31 Å². The minimum atomic E-state index is -3.56. The summed E-state index contributed by atoms with van der Waals surface area (Å²) in [6.07, 6.45) is 7.64. The van der Waals surface area contributed by atoms with Gasteiger partial charge in [-0.05, 0) is 49.7 Å². The standard InChI is InChI=1S/C20H27NO4S/c1-16-8-5-6-9-18(16)15-25-20(22)17-10-7-13-21(14-17)26(23,24)19-11-3-2-4-12-19/h2-6,11-12,16-18H,7-10,13-15H2,1H3. The lowest BCUT2D eigenvalue weighted by Crippen LogP contribution is -2.43. The van der Waals surface area contributed by atoms with Crippen LogP contribution < -0.4 is 0 Å². The molecule has 6 heteroatoms. The molecular weight excluding hydrogens is 350 g/mol. The van der Waals surface area contributed by atoms with Crippen molar-refractivity contribution in [2.45, 2.75) is 37.5 Å². The van der Waals surface area contributed by atoms with Crippen molar-refractivity contribution in [1.29, 1.82) is 0 Å². The molecule has 26 heavy (non-hydrogen) atoms. The molecule has 1 aromatic rings. The maximum Gasteiger partial charge on any atom is 0.310 e. The number of rotatable bonds is 5. The molecule has 142 valence electrons. The summed E-state index contributed by atoms with van der Waals surface area (Å²) < 4.78 is 32.5. The summed E-state index contributed by atoms with van der Waals surface area (Å²) in [7, 11) is -3.56. The van der Waals surface area contributed by atoms with Gasteiger partial charge >= 0.3 is 5.97 Å². The van der Waals surface area contributed by atoms with Gasteiger partial charge in [-0.25, -0.2) is 8.42 Å². The molecule has 0 spiro atoms. The number of hydrogen-bond donors (Lipinski definition) is 0. The second-order valence-corrected chi connectivity index (χ2v) is 9.26. The molecule has 1 heterocycles. The molecule has 1 saturated heterocycles. The van der Waals surface area contributed by atoms with Crippen LogP contribution in [0.15, 0.2) is 47.4 Å². The van der Waals surface area contributed by atoms with Crippen molar-refractivity contribution >= 4 is 16.0 Å². The van der Waals surface area contributed by atoms with E-state index in [0.29, 0.717) is 37.8 Å². The SMILES string of the molecule is CC1CC=CCC1COC(=O)C1CCCN(S(=O)(=O)c2ccccc2)C1. The van der Waals surface area contributed by atoms with Crippen LogP contribution in [0.2, 0.25) is 0 Å². The van der Waals surface area contributed by atoms with Crippen LogP contribution in [0, 0.1) is 17.8 Å². The van der Waals surface area contributed by atoms with Crippen LogP contribution >= 0.6 is 0 Å². The Kier molecular flexibility index (Phi) is 6.14. The molecule has 3 rings (SSSR count). The molecule has 3 unspecified atom stereocenters. The predicted octanol–water partition coefficient (Wildman–Crippen LogP) is 3.23. The first kappa shape index (κ1) is 19.1. The van der Waals surface area contributed by atoms with Crippen molar-refractivity contribution in [3.05, 3.63) is 42.5 Å². The summed E-state index contributed by atoms with van der Waals surface area (Å²) in [5, 5.41) is 0. The summed E-state index contributed by atoms with van der Waals surface area (Å²) in [6, 6.07) is 8.39. The van der Waals surface area contributed by atoms with Crippen molar-refractivity contribution in [2.75, 3.05) is 19.7 Å². The zero-order valence-electron chi connectivity index (χ0n) is 15.2. The highest BCUT2D eigenvalue weighted by atomic mass is 32.2. The quantitative estimate of drug-likeness (QED) is 0.584. The lowest BCUT2D eigenvalue weighted by Gasteiger charge is -2.31. The number of carbonyl (C=O) groups excluding carboxylic acids is 1. The topological polar surface area (TPSA) is 63.7 Å². The molecular formula is C20H27NO4S. The van der Waals surface area contributed by atoms with E-state index in [4.69, 9.17) is 4.74 Å². The zero-order valence-corrected chi connectivity index (χ0v) is 16.0. The monoisotopic (exact) mass is 377 g/mol. The Morgan fingerprint density at radius 2 is 1.92 bits per heavy atom. The lowest BCUT2D eigenvalue weighted by atomic mass is 9.85. The fraction of sp³-hybridized carbons (Fsp3) is 0.550. The maximum atomic E-state index is 12.8. The van der Waals surface area contributed by atoms with E-state index >= 15 is 0 Å².